The molecule has 0 aliphatic carbocycles. The molecule has 4 aromatic rings. The third-order valence-corrected chi connectivity index (χ3v) is 6.27. The smallest absolute Gasteiger partial charge is 0.376 e. The summed E-state index contributed by atoms with van der Waals surface area (Å²) in [6.07, 6.45) is -1.77. The molecule has 2 aromatic heterocycles. The van der Waals surface area contributed by atoms with Crippen LogP contribution >= 0.6 is 0 Å². The first-order chi connectivity index (χ1) is 16.7. The number of hydrogen-bond acceptors (Lipinski definition) is 4. The Morgan fingerprint density at radius 3 is 2.63 bits per heavy atom. The normalized spacial score (nSPS) is 16.3. The van der Waals surface area contributed by atoms with Crippen LogP contribution in [0, 0.1) is 6.92 Å². The fourth-order valence-electron chi connectivity index (χ4n) is 4.53. The highest BCUT2D eigenvalue weighted by Crippen LogP contribution is 2.30. The number of nitrogens with zero attached hydrogens (tertiary/aromatic N) is 4. The van der Waals surface area contributed by atoms with Crippen LogP contribution in [-0.4, -0.2) is 31.4 Å². The van der Waals surface area contributed by atoms with E-state index in [0.717, 1.165) is 35.1 Å². The van der Waals surface area contributed by atoms with Crippen molar-refractivity contribution < 1.29 is 17.9 Å². The molecule has 0 radical (unpaired) electrons. The first kappa shape index (κ1) is 23.1. The van der Waals surface area contributed by atoms with E-state index in [1.807, 2.05) is 19.1 Å². The van der Waals surface area contributed by atoms with E-state index in [4.69, 9.17) is 4.74 Å². The van der Waals surface area contributed by atoms with Gasteiger partial charge in [0.05, 0.1) is 30.2 Å². The Hall–Kier alpha value is -3.66. The number of aryl methyl sites for hydroxylation is 1. The second-order valence-corrected chi connectivity index (χ2v) is 8.70. The van der Waals surface area contributed by atoms with Crippen molar-refractivity contribution in [3.05, 3.63) is 92.4 Å². The first-order valence-corrected chi connectivity index (χ1v) is 11.3. The predicted molar refractivity (Wildman–Crippen MR) is 124 cm³/mol. The molecular weight excluding hydrogens is 461 g/mol. The molecule has 3 heterocycles. The Bertz CT molecular complexity index is 1510. The fourth-order valence-corrected chi connectivity index (χ4v) is 4.53. The zero-order valence-corrected chi connectivity index (χ0v) is 19.0. The second kappa shape index (κ2) is 8.84. The molecule has 0 bridgehead atoms. The van der Waals surface area contributed by atoms with E-state index in [0.29, 0.717) is 17.9 Å². The molecule has 0 amide bonds. The summed E-state index contributed by atoms with van der Waals surface area (Å²) < 4.78 is 49.3. The van der Waals surface area contributed by atoms with Crippen LogP contribution in [0.1, 0.15) is 29.5 Å². The lowest BCUT2D eigenvalue weighted by molar-refractivity contribution is -0.137. The highest BCUT2D eigenvalue weighted by atomic mass is 19.4. The molecule has 2 aromatic carbocycles. The zero-order chi connectivity index (χ0) is 24.7. The summed E-state index contributed by atoms with van der Waals surface area (Å²) in [4.78, 5) is 31.5. The van der Waals surface area contributed by atoms with Crippen LogP contribution in [-0.2, 0) is 24.0 Å². The Kier molecular flexibility index (Phi) is 5.84. The van der Waals surface area contributed by atoms with Crippen molar-refractivity contribution in [1.82, 2.24) is 18.7 Å². The number of alkyl halides is 3. The monoisotopic (exact) mass is 484 g/mol. The molecule has 35 heavy (non-hydrogen) atoms. The van der Waals surface area contributed by atoms with E-state index in [1.54, 1.807) is 18.2 Å². The molecule has 1 aliphatic heterocycles. The van der Waals surface area contributed by atoms with Gasteiger partial charge in [-0.2, -0.15) is 13.2 Å². The lowest BCUT2D eigenvalue weighted by Crippen LogP contribution is -2.42. The largest absolute Gasteiger partial charge is 0.416 e. The lowest BCUT2D eigenvalue weighted by atomic mass is 10.1. The van der Waals surface area contributed by atoms with Crippen LogP contribution in [0.15, 0.2) is 64.4 Å². The first-order valence-electron chi connectivity index (χ1n) is 11.3. The summed E-state index contributed by atoms with van der Waals surface area (Å²) in [7, 11) is 0. The van der Waals surface area contributed by atoms with E-state index < -0.39 is 23.0 Å². The van der Waals surface area contributed by atoms with Gasteiger partial charge in [0.15, 0.2) is 11.2 Å². The van der Waals surface area contributed by atoms with Crippen LogP contribution < -0.4 is 11.2 Å². The average molecular weight is 484 g/mol. The molecule has 1 fully saturated rings. The van der Waals surface area contributed by atoms with Gasteiger partial charge in [0.1, 0.15) is 0 Å². The van der Waals surface area contributed by atoms with Gasteiger partial charge in [-0.3, -0.25) is 9.36 Å². The number of fused-ring (bicyclic) bond motifs is 1. The van der Waals surface area contributed by atoms with Gasteiger partial charge >= 0.3 is 11.9 Å². The summed E-state index contributed by atoms with van der Waals surface area (Å²) in [6, 6.07) is 12.2. The third-order valence-electron chi connectivity index (χ3n) is 6.27. The van der Waals surface area contributed by atoms with Crippen LogP contribution in [0.2, 0.25) is 0 Å². The summed E-state index contributed by atoms with van der Waals surface area (Å²) in [5, 5.41) is 0. The SMILES string of the molecule is Cc1ccccc1-n1c(=O)n(C[C@H]2CCCO2)c(=O)c2c1ncn2Cc1cccc(C(F)(F)F)c1. The zero-order valence-electron chi connectivity index (χ0n) is 19.0. The highest BCUT2D eigenvalue weighted by Gasteiger charge is 2.30. The molecular formula is C25H23F3N4O3. The predicted octanol–water partition coefficient (Wildman–Crippen LogP) is 3.90. The Morgan fingerprint density at radius 2 is 1.91 bits per heavy atom. The van der Waals surface area contributed by atoms with E-state index >= 15 is 0 Å². The summed E-state index contributed by atoms with van der Waals surface area (Å²) >= 11 is 0. The van der Waals surface area contributed by atoms with Crippen LogP contribution in [0.5, 0.6) is 0 Å². The minimum Gasteiger partial charge on any atom is -0.376 e. The van der Waals surface area contributed by atoms with Crippen LogP contribution in [0.25, 0.3) is 16.9 Å². The Morgan fingerprint density at radius 1 is 1.11 bits per heavy atom. The van der Waals surface area contributed by atoms with Gasteiger partial charge in [-0.25, -0.2) is 14.3 Å². The van der Waals surface area contributed by atoms with Gasteiger partial charge in [0, 0.05) is 13.2 Å². The third kappa shape index (κ3) is 4.29. The minimum absolute atomic E-state index is 0.0123. The number of rotatable bonds is 5. The van der Waals surface area contributed by atoms with Crippen molar-refractivity contribution in [2.45, 2.75) is 45.1 Å². The van der Waals surface area contributed by atoms with Gasteiger partial charge in [-0.15, -0.1) is 0 Å². The Balaban J connectivity index is 1.70. The molecule has 7 nitrogen and oxygen atoms in total. The Labute approximate surface area is 198 Å². The van der Waals surface area contributed by atoms with Gasteiger partial charge in [0.2, 0.25) is 0 Å². The van der Waals surface area contributed by atoms with Crippen molar-refractivity contribution in [2.75, 3.05) is 6.61 Å². The molecule has 0 N–H and O–H groups in total. The van der Waals surface area contributed by atoms with E-state index in [9.17, 15) is 22.8 Å². The number of hydrogen-bond donors (Lipinski definition) is 0. The van der Waals surface area contributed by atoms with Crippen molar-refractivity contribution in [3.63, 3.8) is 0 Å². The van der Waals surface area contributed by atoms with Crippen LogP contribution in [0.4, 0.5) is 13.2 Å². The molecule has 0 saturated carbocycles. The quantitative estimate of drug-likeness (QED) is 0.431. The molecule has 0 unspecified atom stereocenters. The highest BCUT2D eigenvalue weighted by molar-refractivity contribution is 5.73. The molecule has 182 valence electrons. The van der Waals surface area contributed by atoms with Gasteiger partial charge in [-0.05, 0) is 49.1 Å². The number of halogens is 3. The minimum atomic E-state index is -4.48. The maximum Gasteiger partial charge on any atom is 0.416 e. The molecule has 1 saturated heterocycles. The average Bonchev–Trinajstić information content (AvgIpc) is 3.48. The van der Waals surface area contributed by atoms with Crippen molar-refractivity contribution >= 4 is 11.2 Å². The van der Waals surface area contributed by atoms with E-state index in [2.05, 4.69) is 4.98 Å². The van der Waals surface area contributed by atoms with E-state index in [-0.39, 0.29) is 30.4 Å². The maximum absolute atomic E-state index is 13.6. The molecule has 1 aliphatic rings. The summed E-state index contributed by atoms with van der Waals surface area (Å²) in [6.45, 7) is 2.50. The maximum atomic E-state index is 13.6. The topological polar surface area (TPSA) is 71.1 Å². The molecule has 10 heteroatoms. The van der Waals surface area contributed by atoms with Crippen LogP contribution in [0.3, 0.4) is 0 Å². The number of aromatic nitrogens is 4. The van der Waals surface area contributed by atoms with Crippen molar-refractivity contribution in [3.8, 4) is 5.69 Å². The standard InChI is InChI=1S/C25H23F3N4O3/c1-16-6-2-3-10-20(16)32-22-21(23(33)31(24(32)34)14-19-9-5-11-35-19)30(15-29-22)13-17-7-4-8-18(12-17)25(26,27)28/h2-4,6-8,10,12,15,19H,5,9,11,13-14H2,1H3/t19-/m1/s1. The number of ether oxygens (including phenoxy) is 1. The summed E-state index contributed by atoms with van der Waals surface area (Å²) in [5.74, 6) is 0. The number of benzene rings is 2. The molecule has 1 atom stereocenters. The number of imidazole rings is 1. The van der Waals surface area contributed by atoms with Crippen molar-refractivity contribution in [2.24, 2.45) is 0 Å². The van der Waals surface area contributed by atoms with Gasteiger partial charge in [0.25, 0.3) is 5.56 Å². The number of para-hydroxylation sites is 1. The second-order valence-electron chi connectivity index (χ2n) is 8.70. The molecule has 0 spiro atoms. The van der Waals surface area contributed by atoms with Gasteiger partial charge in [-0.1, -0.05) is 30.3 Å². The van der Waals surface area contributed by atoms with Crippen molar-refractivity contribution in [1.29, 1.82) is 0 Å². The lowest BCUT2D eigenvalue weighted by Gasteiger charge is -2.16. The summed E-state index contributed by atoms with van der Waals surface area (Å²) in [5.41, 5.74) is 0.197. The van der Waals surface area contributed by atoms with E-state index in [1.165, 1.54) is 21.5 Å². The van der Waals surface area contributed by atoms with Gasteiger partial charge < -0.3 is 9.30 Å². The fraction of sp³-hybridized carbons (Fsp3) is 0.320. The molecule has 5 rings (SSSR count).